The van der Waals surface area contributed by atoms with Crippen molar-refractivity contribution in [1.82, 2.24) is 0 Å². The van der Waals surface area contributed by atoms with E-state index in [0.29, 0.717) is 5.75 Å². The van der Waals surface area contributed by atoms with Crippen molar-refractivity contribution in [3.05, 3.63) is 28.8 Å². The molecular weight excluding hydrogens is 208 g/mol. The fourth-order valence-corrected chi connectivity index (χ4v) is 2.15. The summed E-state index contributed by atoms with van der Waals surface area (Å²) in [6, 6.07) is 4.36. The van der Waals surface area contributed by atoms with E-state index in [9.17, 15) is 5.11 Å². The first kappa shape index (κ1) is 14.1. The maximum atomic E-state index is 10.3. The lowest BCUT2D eigenvalue weighted by Gasteiger charge is -2.12. The molecule has 0 unspecified atom stereocenters. The van der Waals surface area contributed by atoms with Crippen LogP contribution in [0, 0.1) is 0 Å². The van der Waals surface area contributed by atoms with Gasteiger partial charge < -0.3 is 5.11 Å². The minimum absolute atomic E-state index is 0.559. The number of phenolic OH excluding ortho intramolecular Hbond substituents is 1. The molecule has 1 heteroatoms. The third kappa shape index (κ3) is 4.07. The maximum absolute atomic E-state index is 10.3. The first-order chi connectivity index (χ1) is 8.22. The summed E-state index contributed by atoms with van der Waals surface area (Å²) in [7, 11) is 0. The van der Waals surface area contributed by atoms with E-state index in [0.717, 1.165) is 43.2 Å². The van der Waals surface area contributed by atoms with Crippen molar-refractivity contribution >= 4 is 0 Å². The topological polar surface area (TPSA) is 20.2 Å². The summed E-state index contributed by atoms with van der Waals surface area (Å²) < 4.78 is 0. The molecule has 0 fully saturated rings. The molecule has 0 saturated carbocycles. The van der Waals surface area contributed by atoms with Gasteiger partial charge in [-0.25, -0.2) is 0 Å². The number of rotatable bonds is 7. The summed E-state index contributed by atoms with van der Waals surface area (Å²) in [5.41, 5.74) is 3.66. The zero-order valence-corrected chi connectivity index (χ0v) is 11.6. The molecule has 0 heterocycles. The first-order valence-electron chi connectivity index (χ1n) is 7.06. The van der Waals surface area contributed by atoms with E-state index in [2.05, 4.69) is 32.9 Å². The van der Waals surface area contributed by atoms with Crippen molar-refractivity contribution in [2.24, 2.45) is 0 Å². The van der Waals surface area contributed by atoms with E-state index in [-0.39, 0.29) is 0 Å². The highest BCUT2D eigenvalue weighted by atomic mass is 16.3. The molecule has 0 spiro atoms. The molecular formula is C16H26O. The minimum atomic E-state index is 0.559. The second-order valence-corrected chi connectivity index (χ2v) is 4.82. The quantitative estimate of drug-likeness (QED) is 0.728. The Balaban J connectivity index is 2.94. The van der Waals surface area contributed by atoms with E-state index in [4.69, 9.17) is 0 Å². The highest BCUT2D eigenvalue weighted by Gasteiger charge is 2.08. The van der Waals surface area contributed by atoms with Crippen LogP contribution in [0.1, 0.15) is 63.1 Å². The van der Waals surface area contributed by atoms with Crippen molar-refractivity contribution in [2.45, 2.75) is 65.7 Å². The number of aryl methyl sites for hydroxylation is 3. The summed E-state index contributed by atoms with van der Waals surface area (Å²) in [5.74, 6) is 0.559. The number of unbranched alkanes of at least 4 members (excludes halogenated alkanes) is 2. The Hall–Kier alpha value is -0.980. The van der Waals surface area contributed by atoms with Gasteiger partial charge in [0.25, 0.3) is 0 Å². The fourth-order valence-electron chi connectivity index (χ4n) is 2.15. The standard InChI is InChI=1S/C16H26O/c1-4-7-9-14-11-13(6-3)12-15(16(14)17)10-8-5-2/h11-12,17H,4-10H2,1-3H3. The lowest BCUT2D eigenvalue weighted by molar-refractivity contribution is 0.458. The third-order valence-electron chi connectivity index (χ3n) is 3.34. The van der Waals surface area contributed by atoms with Crippen molar-refractivity contribution in [1.29, 1.82) is 0 Å². The monoisotopic (exact) mass is 234 g/mol. The van der Waals surface area contributed by atoms with E-state index >= 15 is 0 Å². The van der Waals surface area contributed by atoms with Crippen LogP contribution < -0.4 is 0 Å². The minimum Gasteiger partial charge on any atom is -0.507 e. The zero-order valence-electron chi connectivity index (χ0n) is 11.6. The molecule has 0 aromatic heterocycles. The third-order valence-corrected chi connectivity index (χ3v) is 3.34. The first-order valence-corrected chi connectivity index (χ1v) is 7.06. The smallest absolute Gasteiger partial charge is 0.121 e. The molecule has 0 saturated heterocycles. The van der Waals surface area contributed by atoms with Gasteiger partial charge in [-0.3, -0.25) is 0 Å². The normalized spacial score (nSPS) is 10.8. The predicted octanol–water partition coefficient (Wildman–Crippen LogP) is 4.64. The van der Waals surface area contributed by atoms with Crippen LogP contribution in [0.2, 0.25) is 0 Å². The Labute approximate surface area is 106 Å². The Morgan fingerprint density at radius 3 is 1.71 bits per heavy atom. The summed E-state index contributed by atoms with van der Waals surface area (Å²) in [6.07, 6.45) is 7.76. The van der Waals surface area contributed by atoms with Gasteiger partial charge in [-0.1, -0.05) is 45.7 Å². The molecule has 0 bridgehead atoms. The Kier molecular flexibility index (Phi) is 6.10. The molecule has 1 rings (SSSR count). The van der Waals surface area contributed by atoms with Gasteiger partial charge in [0.05, 0.1) is 0 Å². The molecule has 0 aliphatic carbocycles. The second kappa shape index (κ2) is 7.37. The molecule has 0 amide bonds. The van der Waals surface area contributed by atoms with Crippen molar-refractivity contribution in [3.8, 4) is 5.75 Å². The van der Waals surface area contributed by atoms with Crippen molar-refractivity contribution in [2.75, 3.05) is 0 Å². The van der Waals surface area contributed by atoms with Crippen LogP contribution in [0.15, 0.2) is 12.1 Å². The van der Waals surface area contributed by atoms with Crippen LogP contribution in [-0.2, 0) is 19.3 Å². The average Bonchev–Trinajstić information content (AvgIpc) is 2.36. The summed E-state index contributed by atoms with van der Waals surface area (Å²) >= 11 is 0. The van der Waals surface area contributed by atoms with Crippen LogP contribution >= 0.6 is 0 Å². The van der Waals surface area contributed by atoms with Gasteiger partial charge in [-0.15, -0.1) is 0 Å². The number of hydrogen-bond donors (Lipinski definition) is 1. The lowest BCUT2D eigenvalue weighted by atomic mass is 9.96. The molecule has 1 N–H and O–H groups in total. The molecule has 0 aliphatic rings. The van der Waals surface area contributed by atoms with E-state index in [1.807, 2.05) is 0 Å². The highest BCUT2D eigenvalue weighted by Crippen LogP contribution is 2.28. The Morgan fingerprint density at radius 2 is 1.35 bits per heavy atom. The number of aromatic hydroxyl groups is 1. The molecule has 17 heavy (non-hydrogen) atoms. The summed E-state index contributed by atoms with van der Waals surface area (Å²) in [5, 5.41) is 10.3. The van der Waals surface area contributed by atoms with E-state index < -0.39 is 0 Å². The van der Waals surface area contributed by atoms with Gasteiger partial charge in [0.1, 0.15) is 5.75 Å². The van der Waals surface area contributed by atoms with Gasteiger partial charge in [0, 0.05) is 0 Å². The summed E-state index contributed by atoms with van der Waals surface area (Å²) in [4.78, 5) is 0. The largest absolute Gasteiger partial charge is 0.507 e. The fraction of sp³-hybridized carbons (Fsp3) is 0.625. The van der Waals surface area contributed by atoms with Crippen LogP contribution in [0.25, 0.3) is 0 Å². The zero-order chi connectivity index (χ0) is 12.7. The van der Waals surface area contributed by atoms with Gasteiger partial charge in [0.2, 0.25) is 0 Å². The van der Waals surface area contributed by atoms with Crippen LogP contribution in [-0.4, -0.2) is 5.11 Å². The molecule has 1 aromatic carbocycles. The van der Waals surface area contributed by atoms with E-state index in [1.54, 1.807) is 0 Å². The molecule has 0 atom stereocenters. The molecule has 96 valence electrons. The van der Waals surface area contributed by atoms with Gasteiger partial charge in [-0.05, 0) is 48.8 Å². The Bertz CT molecular complexity index is 312. The van der Waals surface area contributed by atoms with E-state index in [1.165, 1.54) is 18.4 Å². The molecule has 1 nitrogen and oxygen atoms in total. The van der Waals surface area contributed by atoms with Crippen molar-refractivity contribution < 1.29 is 5.11 Å². The average molecular weight is 234 g/mol. The summed E-state index contributed by atoms with van der Waals surface area (Å²) in [6.45, 7) is 6.57. The van der Waals surface area contributed by atoms with Crippen LogP contribution in [0.4, 0.5) is 0 Å². The van der Waals surface area contributed by atoms with Gasteiger partial charge in [0.15, 0.2) is 0 Å². The lowest BCUT2D eigenvalue weighted by Crippen LogP contribution is -1.95. The van der Waals surface area contributed by atoms with Gasteiger partial charge in [-0.2, -0.15) is 0 Å². The highest BCUT2D eigenvalue weighted by molar-refractivity contribution is 5.44. The molecule has 0 aliphatic heterocycles. The van der Waals surface area contributed by atoms with Crippen LogP contribution in [0.3, 0.4) is 0 Å². The number of hydrogen-bond acceptors (Lipinski definition) is 1. The Morgan fingerprint density at radius 1 is 0.882 bits per heavy atom. The molecule has 1 aromatic rings. The molecule has 0 radical (unpaired) electrons. The van der Waals surface area contributed by atoms with Gasteiger partial charge >= 0.3 is 0 Å². The maximum Gasteiger partial charge on any atom is 0.121 e. The number of phenols is 1. The second-order valence-electron chi connectivity index (χ2n) is 4.82. The SMILES string of the molecule is CCCCc1cc(CC)cc(CCCC)c1O. The number of benzene rings is 1. The predicted molar refractivity (Wildman–Crippen MR) is 74.7 cm³/mol. The van der Waals surface area contributed by atoms with Crippen molar-refractivity contribution in [3.63, 3.8) is 0 Å². The van der Waals surface area contributed by atoms with Crippen LogP contribution in [0.5, 0.6) is 5.75 Å².